The highest BCUT2D eigenvalue weighted by atomic mass is 16.3. The number of phenols is 2. The highest BCUT2D eigenvalue weighted by Gasteiger charge is 2.42. The number of carbonyl (C=O) groups excluding carboxylic acids is 2. The molecule has 0 unspecified atom stereocenters. The number of hydrogen-bond acceptors (Lipinski definition) is 8. The van der Waals surface area contributed by atoms with E-state index in [0.29, 0.717) is 6.54 Å². The zero-order chi connectivity index (χ0) is 20.9. The first kappa shape index (κ1) is 19.9. The maximum Gasteiger partial charge on any atom is 0.213 e. The number of hydrogen-bond donors (Lipinski definition) is 5. The first-order valence-electron chi connectivity index (χ1n) is 9.97. The van der Waals surface area contributed by atoms with Gasteiger partial charge in [0.05, 0.1) is 28.5 Å². The van der Waals surface area contributed by atoms with Gasteiger partial charge in [0.1, 0.15) is 11.5 Å². The van der Waals surface area contributed by atoms with Crippen LogP contribution in [0, 0.1) is 0 Å². The zero-order valence-corrected chi connectivity index (χ0v) is 16.4. The molecule has 0 aromatic heterocycles. The van der Waals surface area contributed by atoms with Gasteiger partial charge >= 0.3 is 0 Å². The van der Waals surface area contributed by atoms with E-state index in [1.54, 1.807) is 0 Å². The minimum atomic E-state index is -1.31. The number of nitrogens with zero attached hydrogens (tertiary/aromatic N) is 1. The molecule has 1 heterocycles. The lowest BCUT2D eigenvalue weighted by Gasteiger charge is -2.35. The van der Waals surface area contributed by atoms with Crippen LogP contribution in [0.5, 0.6) is 11.5 Å². The second-order valence-corrected chi connectivity index (χ2v) is 8.46. The second kappa shape index (κ2) is 7.12. The summed E-state index contributed by atoms with van der Waals surface area (Å²) in [5, 5.41) is 45.2. The lowest BCUT2D eigenvalue weighted by atomic mass is 9.75. The van der Waals surface area contributed by atoms with E-state index in [0.717, 1.165) is 38.6 Å². The Morgan fingerprint density at radius 3 is 2.55 bits per heavy atom. The van der Waals surface area contributed by atoms with E-state index in [4.69, 9.17) is 0 Å². The van der Waals surface area contributed by atoms with Crippen LogP contribution in [0.3, 0.4) is 0 Å². The number of allylic oxidation sites excluding steroid dienone is 2. The summed E-state index contributed by atoms with van der Waals surface area (Å²) in [6.45, 7) is 4.75. The van der Waals surface area contributed by atoms with Crippen LogP contribution in [0.2, 0.25) is 0 Å². The number of aliphatic hydroxyl groups excluding tert-OH is 1. The summed E-state index contributed by atoms with van der Waals surface area (Å²) in [7, 11) is 0. The van der Waals surface area contributed by atoms with Gasteiger partial charge in [-0.05, 0) is 32.9 Å². The molecule has 1 saturated heterocycles. The third-order valence-electron chi connectivity index (χ3n) is 6.05. The van der Waals surface area contributed by atoms with Crippen molar-refractivity contribution in [2.45, 2.75) is 44.3 Å². The number of Topliss-reactive ketones (excluding diaryl/α,β-unsaturated/α-hetero) is 1. The first-order chi connectivity index (χ1) is 13.7. The normalized spacial score (nSPS) is 26.9. The van der Waals surface area contributed by atoms with Gasteiger partial charge in [0.15, 0.2) is 5.78 Å². The molecule has 0 amide bonds. The molecule has 4 rings (SSSR count). The second-order valence-electron chi connectivity index (χ2n) is 8.46. The Bertz CT molecular complexity index is 914. The molecule has 1 aliphatic heterocycles. The molecule has 1 fully saturated rings. The molecule has 0 spiro atoms. The average Bonchev–Trinajstić information content (AvgIpc) is 3.14. The summed E-state index contributed by atoms with van der Waals surface area (Å²) >= 11 is 0. The SMILES string of the molecule is C[C@]1(O)Cc2c(O)c3c(c(O)c2[C@@H](O)C1)C(=O)C=C(NCCN1CCCC1)C3=O. The third kappa shape index (κ3) is 3.41. The molecule has 8 heteroatoms. The van der Waals surface area contributed by atoms with Gasteiger partial charge in [-0.3, -0.25) is 9.59 Å². The highest BCUT2D eigenvalue weighted by molar-refractivity contribution is 6.26. The number of phenolic OH excluding ortho intramolecular Hbond substituents is 2. The minimum absolute atomic E-state index is 0.00719. The Balaban J connectivity index is 1.67. The maximum atomic E-state index is 13.0. The van der Waals surface area contributed by atoms with Crippen molar-refractivity contribution < 1.29 is 30.0 Å². The van der Waals surface area contributed by atoms with Crippen molar-refractivity contribution in [2.24, 2.45) is 0 Å². The van der Waals surface area contributed by atoms with E-state index in [9.17, 15) is 30.0 Å². The van der Waals surface area contributed by atoms with Gasteiger partial charge in [-0.1, -0.05) is 0 Å². The number of likely N-dealkylation sites (tertiary alicyclic amines) is 1. The molecule has 8 nitrogen and oxygen atoms in total. The summed E-state index contributed by atoms with van der Waals surface area (Å²) in [4.78, 5) is 27.9. The molecule has 2 atom stereocenters. The quantitative estimate of drug-likeness (QED) is 0.467. The topological polar surface area (TPSA) is 130 Å². The summed E-state index contributed by atoms with van der Waals surface area (Å²) in [5.41, 5.74) is -1.70. The Morgan fingerprint density at radius 1 is 1.17 bits per heavy atom. The van der Waals surface area contributed by atoms with E-state index < -0.39 is 34.8 Å². The number of benzene rings is 1. The van der Waals surface area contributed by atoms with Gasteiger partial charge in [0.25, 0.3) is 0 Å². The number of carbonyl (C=O) groups is 2. The van der Waals surface area contributed by atoms with Crippen LogP contribution < -0.4 is 5.32 Å². The predicted molar refractivity (Wildman–Crippen MR) is 104 cm³/mol. The van der Waals surface area contributed by atoms with E-state index >= 15 is 0 Å². The third-order valence-corrected chi connectivity index (χ3v) is 6.05. The Hall–Kier alpha value is -2.42. The monoisotopic (exact) mass is 402 g/mol. The smallest absolute Gasteiger partial charge is 0.213 e. The van der Waals surface area contributed by atoms with E-state index in [1.807, 2.05) is 0 Å². The first-order valence-corrected chi connectivity index (χ1v) is 9.97. The van der Waals surface area contributed by atoms with Crippen LogP contribution in [0.25, 0.3) is 0 Å². The van der Waals surface area contributed by atoms with Crippen molar-refractivity contribution in [3.8, 4) is 11.5 Å². The van der Waals surface area contributed by atoms with Gasteiger partial charge in [0, 0.05) is 43.1 Å². The van der Waals surface area contributed by atoms with Crippen molar-refractivity contribution in [1.82, 2.24) is 10.2 Å². The van der Waals surface area contributed by atoms with Crippen molar-refractivity contribution in [1.29, 1.82) is 0 Å². The standard InChI is InChI=1S/C21H26N2O6/c1-21(29)9-11-15(14(25)10-21)20(28)16-13(24)8-12(19(27)17(16)18(11)26)22-4-7-23-5-2-3-6-23/h8,14,22,25-26,28-29H,2-7,9-10H2,1H3/t14-,21-/m0/s1. The van der Waals surface area contributed by atoms with E-state index in [-0.39, 0.29) is 40.8 Å². The molecule has 2 aliphatic carbocycles. The predicted octanol–water partition coefficient (Wildman–Crippen LogP) is 0.777. The van der Waals surface area contributed by atoms with Gasteiger partial charge in [-0.25, -0.2) is 0 Å². The van der Waals surface area contributed by atoms with Crippen LogP contribution in [0.1, 0.15) is 64.1 Å². The molecule has 0 radical (unpaired) electrons. The molecule has 0 bridgehead atoms. The molecule has 5 N–H and O–H groups in total. The Morgan fingerprint density at radius 2 is 1.86 bits per heavy atom. The lowest BCUT2D eigenvalue weighted by molar-refractivity contribution is -0.00904. The summed E-state index contributed by atoms with van der Waals surface area (Å²) in [5.74, 6) is -2.15. The molecule has 156 valence electrons. The van der Waals surface area contributed by atoms with Crippen molar-refractivity contribution >= 4 is 11.6 Å². The fraction of sp³-hybridized carbons (Fsp3) is 0.524. The zero-order valence-electron chi connectivity index (χ0n) is 16.4. The van der Waals surface area contributed by atoms with Crippen LogP contribution in [0.4, 0.5) is 0 Å². The number of rotatable bonds is 4. The number of fused-ring (bicyclic) bond motifs is 2. The number of aromatic hydroxyl groups is 2. The highest BCUT2D eigenvalue weighted by Crippen LogP contribution is 2.49. The average molecular weight is 402 g/mol. The molecule has 0 saturated carbocycles. The molecule has 29 heavy (non-hydrogen) atoms. The molecule has 3 aliphatic rings. The van der Waals surface area contributed by atoms with Gasteiger partial charge in [-0.2, -0.15) is 0 Å². The molecular weight excluding hydrogens is 376 g/mol. The van der Waals surface area contributed by atoms with Crippen molar-refractivity contribution in [3.63, 3.8) is 0 Å². The van der Waals surface area contributed by atoms with Crippen LogP contribution in [-0.4, -0.2) is 68.7 Å². The van der Waals surface area contributed by atoms with Crippen molar-refractivity contribution in [2.75, 3.05) is 26.2 Å². The molecule has 1 aromatic rings. The maximum absolute atomic E-state index is 13.0. The number of ketones is 2. The van der Waals surface area contributed by atoms with Crippen molar-refractivity contribution in [3.05, 3.63) is 34.0 Å². The van der Waals surface area contributed by atoms with Gasteiger partial charge in [-0.15, -0.1) is 0 Å². The van der Waals surface area contributed by atoms with Gasteiger partial charge < -0.3 is 30.6 Å². The van der Waals surface area contributed by atoms with E-state index in [2.05, 4.69) is 10.2 Å². The van der Waals surface area contributed by atoms with Crippen LogP contribution >= 0.6 is 0 Å². The van der Waals surface area contributed by atoms with Gasteiger partial charge in [0.2, 0.25) is 5.78 Å². The summed E-state index contributed by atoms with van der Waals surface area (Å²) in [6, 6.07) is 0. The summed E-state index contributed by atoms with van der Waals surface area (Å²) < 4.78 is 0. The van der Waals surface area contributed by atoms with Crippen LogP contribution in [-0.2, 0) is 6.42 Å². The number of nitrogens with one attached hydrogen (secondary N) is 1. The Kier molecular flexibility index (Phi) is 4.88. The molecular formula is C21H26N2O6. The fourth-order valence-corrected chi connectivity index (χ4v) is 4.65. The van der Waals surface area contributed by atoms with Crippen LogP contribution in [0.15, 0.2) is 11.8 Å². The van der Waals surface area contributed by atoms with E-state index in [1.165, 1.54) is 6.92 Å². The largest absolute Gasteiger partial charge is 0.507 e. The lowest BCUT2D eigenvalue weighted by Crippen LogP contribution is -2.36. The fourth-order valence-electron chi connectivity index (χ4n) is 4.65. The minimum Gasteiger partial charge on any atom is -0.507 e. The number of aliphatic hydroxyl groups is 2. The summed E-state index contributed by atoms with van der Waals surface area (Å²) in [6.07, 6.45) is 2.09. The molecule has 1 aromatic carbocycles. The Labute approximate surface area is 168 Å².